The first-order valence-corrected chi connectivity index (χ1v) is 6.33. The third kappa shape index (κ3) is 4.98. The van der Waals surface area contributed by atoms with Gasteiger partial charge in [-0.2, -0.15) is 0 Å². The molecule has 0 bridgehead atoms. The number of amides is 1. The van der Waals surface area contributed by atoms with Crippen LogP contribution in [0.4, 0.5) is 8.78 Å². The summed E-state index contributed by atoms with van der Waals surface area (Å²) in [6.45, 7) is 4.90. The largest absolute Gasteiger partial charge is 0.355 e. The summed E-state index contributed by atoms with van der Waals surface area (Å²) >= 11 is 0. The van der Waals surface area contributed by atoms with Crippen molar-refractivity contribution in [1.82, 2.24) is 10.6 Å². The Balaban J connectivity index is 2.20. The summed E-state index contributed by atoms with van der Waals surface area (Å²) in [6, 6.07) is -0.309. The Hall–Kier alpha value is -0.710. The van der Waals surface area contributed by atoms with E-state index < -0.39 is 5.92 Å². The van der Waals surface area contributed by atoms with E-state index in [2.05, 4.69) is 10.6 Å². The molecule has 2 unspecified atom stereocenters. The van der Waals surface area contributed by atoms with Crippen LogP contribution in [0.3, 0.4) is 0 Å². The van der Waals surface area contributed by atoms with Crippen LogP contribution in [0.25, 0.3) is 0 Å². The van der Waals surface area contributed by atoms with E-state index in [1.807, 2.05) is 6.92 Å². The minimum atomic E-state index is -2.50. The molecular formula is C12H22F2N2O. The summed E-state index contributed by atoms with van der Waals surface area (Å²) in [5.74, 6) is -2.57. The van der Waals surface area contributed by atoms with Gasteiger partial charge in [0.2, 0.25) is 11.8 Å². The Bertz CT molecular complexity index is 259. The zero-order chi connectivity index (χ0) is 12.9. The number of carbonyl (C=O) groups excluding carboxylic acids is 1. The predicted molar refractivity (Wildman–Crippen MR) is 63.1 cm³/mol. The van der Waals surface area contributed by atoms with Crippen LogP contribution in [0, 0.1) is 5.92 Å². The standard InChI is InChI=1S/C12H22F2N2O/c1-3-6-15-11(17)9(2)16-8-10-4-5-12(13,14)7-10/h9-10,16H,3-8H2,1-2H3,(H,15,17). The lowest BCUT2D eigenvalue weighted by Gasteiger charge is -2.17. The van der Waals surface area contributed by atoms with Gasteiger partial charge in [0.25, 0.3) is 0 Å². The molecule has 0 saturated heterocycles. The first-order chi connectivity index (χ1) is 7.94. The predicted octanol–water partition coefficient (Wildman–Crippen LogP) is 1.93. The number of carbonyl (C=O) groups is 1. The van der Waals surface area contributed by atoms with E-state index >= 15 is 0 Å². The van der Waals surface area contributed by atoms with Crippen molar-refractivity contribution in [3.05, 3.63) is 0 Å². The fourth-order valence-electron chi connectivity index (χ4n) is 2.05. The van der Waals surface area contributed by atoms with Gasteiger partial charge in [-0.25, -0.2) is 8.78 Å². The molecule has 1 aliphatic rings. The zero-order valence-corrected chi connectivity index (χ0v) is 10.6. The molecule has 0 aliphatic heterocycles. The van der Waals surface area contributed by atoms with Crippen LogP contribution >= 0.6 is 0 Å². The summed E-state index contributed by atoms with van der Waals surface area (Å²) in [7, 11) is 0. The van der Waals surface area contributed by atoms with Crippen molar-refractivity contribution in [2.75, 3.05) is 13.1 Å². The molecule has 0 aromatic rings. The van der Waals surface area contributed by atoms with E-state index in [1.54, 1.807) is 6.92 Å². The van der Waals surface area contributed by atoms with Gasteiger partial charge in [0.1, 0.15) is 0 Å². The number of halogens is 2. The molecule has 0 spiro atoms. The van der Waals surface area contributed by atoms with Crippen LogP contribution in [0.1, 0.15) is 39.5 Å². The van der Waals surface area contributed by atoms with Gasteiger partial charge in [-0.3, -0.25) is 4.79 Å². The second-order valence-electron chi connectivity index (χ2n) is 4.89. The van der Waals surface area contributed by atoms with Crippen LogP contribution in [0.2, 0.25) is 0 Å². The average molecular weight is 248 g/mol. The maximum Gasteiger partial charge on any atom is 0.248 e. The highest BCUT2D eigenvalue weighted by atomic mass is 19.3. The second-order valence-corrected chi connectivity index (χ2v) is 4.89. The quantitative estimate of drug-likeness (QED) is 0.754. The van der Waals surface area contributed by atoms with Gasteiger partial charge in [-0.1, -0.05) is 6.92 Å². The van der Waals surface area contributed by atoms with Gasteiger partial charge >= 0.3 is 0 Å². The Labute approximate surface area is 101 Å². The van der Waals surface area contributed by atoms with Crippen molar-refractivity contribution in [1.29, 1.82) is 0 Å². The van der Waals surface area contributed by atoms with Crippen LogP contribution in [-0.2, 0) is 4.79 Å². The summed E-state index contributed by atoms with van der Waals surface area (Å²) in [5, 5.41) is 5.80. The molecule has 1 aliphatic carbocycles. The van der Waals surface area contributed by atoms with Crippen LogP contribution in [0.5, 0.6) is 0 Å². The molecule has 100 valence electrons. The Morgan fingerprint density at radius 3 is 2.76 bits per heavy atom. The van der Waals surface area contributed by atoms with Gasteiger partial charge in [0.15, 0.2) is 0 Å². The SMILES string of the molecule is CCCNC(=O)C(C)NCC1CCC(F)(F)C1. The number of hydrogen-bond acceptors (Lipinski definition) is 2. The summed E-state index contributed by atoms with van der Waals surface area (Å²) in [5.41, 5.74) is 0. The zero-order valence-electron chi connectivity index (χ0n) is 10.6. The third-order valence-corrected chi connectivity index (χ3v) is 3.16. The first kappa shape index (κ1) is 14.4. The lowest BCUT2D eigenvalue weighted by molar-refractivity contribution is -0.122. The van der Waals surface area contributed by atoms with Crippen LogP contribution in [-0.4, -0.2) is 31.0 Å². The average Bonchev–Trinajstić information content (AvgIpc) is 2.62. The molecule has 2 N–H and O–H groups in total. The van der Waals surface area contributed by atoms with E-state index in [9.17, 15) is 13.6 Å². The molecule has 17 heavy (non-hydrogen) atoms. The van der Waals surface area contributed by atoms with Gasteiger partial charge in [0, 0.05) is 19.4 Å². The van der Waals surface area contributed by atoms with Gasteiger partial charge in [-0.05, 0) is 32.2 Å². The topological polar surface area (TPSA) is 41.1 Å². The smallest absolute Gasteiger partial charge is 0.248 e. The van der Waals surface area contributed by atoms with E-state index in [0.29, 0.717) is 19.5 Å². The van der Waals surface area contributed by atoms with E-state index in [0.717, 1.165) is 6.42 Å². The fourth-order valence-corrected chi connectivity index (χ4v) is 2.05. The van der Waals surface area contributed by atoms with E-state index in [1.165, 1.54) is 0 Å². The molecular weight excluding hydrogens is 226 g/mol. The van der Waals surface area contributed by atoms with Crippen molar-refractivity contribution >= 4 is 5.91 Å². The molecule has 1 saturated carbocycles. The number of nitrogens with one attached hydrogen (secondary N) is 2. The maximum atomic E-state index is 12.9. The minimum Gasteiger partial charge on any atom is -0.355 e. The molecule has 3 nitrogen and oxygen atoms in total. The molecule has 5 heteroatoms. The van der Waals surface area contributed by atoms with Crippen LogP contribution in [0.15, 0.2) is 0 Å². The molecule has 0 heterocycles. The fraction of sp³-hybridized carbons (Fsp3) is 0.917. The summed E-state index contributed by atoms with van der Waals surface area (Å²) in [6.07, 6.45) is 1.37. The molecule has 1 fully saturated rings. The first-order valence-electron chi connectivity index (χ1n) is 6.33. The Morgan fingerprint density at radius 1 is 1.53 bits per heavy atom. The lowest BCUT2D eigenvalue weighted by atomic mass is 10.1. The van der Waals surface area contributed by atoms with Crippen LogP contribution < -0.4 is 10.6 Å². The molecule has 2 atom stereocenters. The summed E-state index contributed by atoms with van der Waals surface area (Å²) in [4.78, 5) is 11.5. The Morgan fingerprint density at radius 2 is 2.24 bits per heavy atom. The van der Waals surface area contributed by atoms with Crippen molar-refractivity contribution in [3.8, 4) is 0 Å². The highest BCUT2D eigenvalue weighted by Gasteiger charge is 2.39. The maximum absolute atomic E-state index is 12.9. The second kappa shape index (κ2) is 6.28. The van der Waals surface area contributed by atoms with Crippen molar-refractivity contribution in [2.24, 2.45) is 5.92 Å². The van der Waals surface area contributed by atoms with Gasteiger partial charge in [0.05, 0.1) is 6.04 Å². The van der Waals surface area contributed by atoms with Crippen molar-refractivity contribution < 1.29 is 13.6 Å². The molecule has 0 aromatic heterocycles. The van der Waals surface area contributed by atoms with Crippen molar-refractivity contribution in [2.45, 2.75) is 51.5 Å². The monoisotopic (exact) mass is 248 g/mol. The Kier molecular flexibility index (Phi) is 5.31. The molecule has 0 aromatic carbocycles. The van der Waals surface area contributed by atoms with Gasteiger partial charge in [-0.15, -0.1) is 0 Å². The summed E-state index contributed by atoms with van der Waals surface area (Å²) < 4.78 is 25.9. The number of rotatable bonds is 6. The lowest BCUT2D eigenvalue weighted by Crippen LogP contribution is -2.43. The van der Waals surface area contributed by atoms with Crippen molar-refractivity contribution in [3.63, 3.8) is 0 Å². The highest BCUT2D eigenvalue weighted by molar-refractivity contribution is 5.81. The number of hydrogen-bond donors (Lipinski definition) is 2. The van der Waals surface area contributed by atoms with E-state index in [4.69, 9.17) is 0 Å². The third-order valence-electron chi connectivity index (χ3n) is 3.16. The normalized spacial score (nSPS) is 24.6. The number of alkyl halides is 2. The van der Waals surface area contributed by atoms with Gasteiger partial charge < -0.3 is 10.6 Å². The molecule has 0 radical (unpaired) electrons. The van der Waals surface area contributed by atoms with E-state index in [-0.39, 0.29) is 30.7 Å². The highest BCUT2D eigenvalue weighted by Crippen LogP contribution is 2.38. The molecule has 1 amide bonds. The minimum absolute atomic E-state index is 0.00794. The molecule has 1 rings (SSSR count).